The third-order valence-electron chi connectivity index (χ3n) is 3.18. The molecular formula is C15H33NO4. The van der Waals surface area contributed by atoms with Gasteiger partial charge in [0.1, 0.15) is 0 Å². The standard InChI is InChI=1S/C15H33NO4/c1-4-5-8-19-9-10-20-12-14(18)11-16-15(6-7-17)13(2)3/h13-18H,4-12H2,1-3H3. The molecule has 0 radical (unpaired) electrons. The van der Waals surface area contributed by atoms with Crippen molar-refractivity contribution >= 4 is 0 Å². The lowest BCUT2D eigenvalue weighted by Gasteiger charge is -2.23. The first kappa shape index (κ1) is 19.8. The Morgan fingerprint density at radius 2 is 1.80 bits per heavy atom. The van der Waals surface area contributed by atoms with Gasteiger partial charge < -0.3 is 25.0 Å². The van der Waals surface area contributed by atoms with Crippen LogP contribution in [0.4, 0.5) is 0 Å². The van der Waals surface area contributed by atoms with E-state index in [0.717, 1.165) is 19.4 Å². The monoisotopic (exact) mass is 291 g/mol. The molecule has 0 aliphatic rings. The van der Waals surface area contributed by atoms with Crippen LogP contribution in [0.5, 0.6) is 0 Å². The molecule has 2 unspecified atom stereocenters. The fraction of sp³-hybridized carbons (Fsp3) is 1.00. The van der Waals surface area contributed by atoms with Gasteiger partial charge in [-0.25, -0.2) is 0 Å². The molecule has 0 heterocycles. The van der Waals surface area contributed by atoms with Crippen molar-refractivity contribution < 1.29 is 19.7 Å². The van der Waals surface area contributed by atoms with Crippen LogP contribution in [0.25, 0.3) is 0 Å². The number of hydrogen-bond donors (Lipinski definition) is 3. The minimum absolute atomic E-state index is 0.164. The molecule has 5 nitrogen and oxygen atoms in total. The highest BCUT2D eigenvalue weighted by Crippen LogP contribution is 2.05. The summed E-state index contributed by atoms with van der Waals surface area (Å²) in [5.41, 5.74) is 0. The lowest BCUT2D eigenvalue weighted by molar-refractivity contribution is 0.00255. The molecule has 0 rings (SSSR count). The molecular weight excluding hydrogens is 258 g/mol. The summed E-state index contributed by atoms with van der Waals surface area (Å²) in [7, 11) is 0. The van der Waals surface area contributed by atoms with Gasteiger partial charge in [0, 0.05) is 25.8 Å². The smallest absolute Gasteiger partial charge is 0.0897 e. The van der Waals surface area contributed by atoms with E-state index in [4.69, 9.17) is 14.6 Å². The number of aliphatic hydroxyl groups excluding tert-OH is 2. The van der Waals surface area contributed by atoms with Gasteiger partial charge in [0.25, 0.3) is 0 Å². The van der Waals surface area contributed by atoms with E-state index in [-0.39, 0.29) is 12.6 Å². The zero-order valence-electron chi connectivity index (χ0n) is 13.3. The van der Waals surface area contributed by atoms with E-state index in [0.29, 0.717) is 38.7 Å². The van der Waals surface area contributed by atoms with Crippen molar-refractivity contribution in [1.29, 1.82) is 0 Å². The Morgan fingerprint density at radius 1 is 1.10 bits per heavy atom. The van der Waals surface area contributed by atoms with Crippen LogP contribution >= 0.6 is 0 Å². The molecule has 3 N–H and O–H groups in total. The molecule has 5 heteroatoms. The zero-order valence-corrected chi connectivity index (χ0v) is 13.3. The van der Waals surface area contributed by atoms with Crippen LogP contribution in [0, 0.1) is 5.92 Å². The van der Waals surface area contributed by atoms with Crippen molar-refractivity contribution in [3.8, 4) is 0 Å². The van der Waals surface area contributed by atoms with E-state index in [1.165, 1.54) is 0 Å². The molecule has 0 aromatic carbocycles. The molecule has 0 amide bonds. The summed E-state index contributed by atoms with van der Waals surface area (Å²) < 4.78 is 10.7. The van der Waals surface area contributed by atoms with E-state index < -0.39 is 6.10 Å². The van der Waals surface area contributed by atoms with Crippen molar-refractivity contribution in [3.63, 3.8) is 0 Å². The average Bonchev–Trinajstić information content (AvgIpc) is 2.42. The van der Waals surface area contributed by atoms with Gasteiger partial charge in [-0.1, -0.05) is 27.2 Å². The third kappa shape index (κ3) is 11.6. The molecule has 0 aliphatic heterocycles. The number of hydrogen-bond acceptors (Lipinski definition) is 5. The molecule has 0 aromatic rings. The number of ether oxygens (including phenoxy) is 2. The van der Waals surface area contributed by atoms with Crippen LogP contribution in [0.1, 0.15) is 40.0 Å². The second-order valence-electron chi connectivity index (χ2n) is 5.47. The van der Waals surface area contributed by atoms with Crippen LogP contribution in [-0.4, -0.2) is 61.9 Å². The van der Waals surface area contributed by atoms with Gasteiger partial charge in [-0.05, 0) is 18.8 Å². The van der Waals surface area contributed by atoms with Crippen molar-refractivity contribution in [3.05, 3.63) is 0 Å². The van der Waals surface area contributed by atoms with E-state index in [9.17, 15) is 5.11 Å². The minimum Gasteiger partial charge on any atom is -0.396 e. The molecule has 0 saturated heterocycles. The predicted octanol–water partition coefficient (Wildman–Crippen LogP) is 1.18. The second-order valence-corrected chi connectivity index (χ2v) is 5.47. The first-order valence-corrected chi connectivity index (χ1v) is 7.79. The highest BCUT2D eigenvalue weighted by molar-refractivity contribution is 4.72. The zero-order chi connectivity index (χ0) is 15.2. The summed E-state index contributed by atoms with van der Waals surface area (Å²) in [4.78, 5) is 0. The molecule has 0 bridgehead atoms. The first-order chi connectivity index (χ1) is 9.61. The molecule has 20 heavy (non-hydrogen) atoms. The summed E-state index contributed by atoms with van der Waals surface area (Å²) in [6.45, 7) is 9.18. The third-order valence-corrected chi connectivity index (χ3v) is 3.18. The SMILES string of the molecule is CCCCOCCOCC(O)CNC(CCO)C(C)C. The molecule has 0 aliphatic carbocycles. The van der Waals surface area contributed by atoms with Crippen molar-refractivity contribution in [1.82, 2.24) is 5.32 Å². The summed E-state index contributed by atoms with van der Waals surface area (Å²) in [6.07, 6.45) is 2.39. The Kier molecular flexibility index (Phi) is 13.6. The maximum absolute atomic E-state index is 9.80. The Hall–Kier alpha value is -0.200. The predicted molar refractivity (Wildman–Crippen MR) is 80.9 cm³/mol. The normalized spacial score (nSPS) is 14.7. The van der Waals surface area contributed by atoms with E-state index in [1.54, 1.807) is 0 Å². The van der Waals surface area contributed by atoms with Gasteiger partial charge in [0.05, 0.1) is 25.9 Å². The Bertz CT molecular complexity index is 202. The molecule has 0 fully saturated rings. The lowest BCUT2D eigenvalue weighted by Crippen LogP contribution is -2.40. The average molecular weight is 291 g/mol. The number of nitrogens with one attached hydrogen (secondary N) is 1. The summed E-state index contributed by atoms with van der Waals surface area (Å²) in [5.74, 6) is 0.433. The lowest BCUT2D eigenvalue weighted by atomic mass is 10.0. The van der Waals surface area contributed by atoms with Gasteiger partial charge in [-0.15, -0.1) is 0 Å². The first-order valence-electron chi connectivity index (χ1n) is 7.79. The number of rotatable bonds is 14. The van der Waals surface area contributed by atoms with Crippen molar-refractivity contribution in [2.24, 2.45) is 5.92 Å². The van der Waals surface area contributed by atoms with Gasteiger partial charge in [0.15, 0.2) is 0 Å². The fourth-order valence-electron chi connectivity index (χ4n) is 1.84. The Labute approximate surface area is 123 Å². The van der Waals surface area contributed by atoms with Crippen LogP contribution in [-0.2, 0) is 9.47 Å². The summed E-state index contributed by atoms with van der Waals surface area (Å²) in [5, 5.41) is 22.0. The maximum atomic E-state index is 9.80. The summed E-state index contributed by atoms with van der Waals surface area (Å²) >= 11 is 0. The summed E-state index contributed by atoms with van der Waals surface area (Å²) in [6, 6.07) is 0.229. The largest absolute Gasteiger partial charge is 0.396 e. The van der Waals surface area contributed by atoms with E-state index in [2.05, 4.69) is 26.1 Å². The molecule has 2 atom stereocenters. The van der Waals surface area contributed by atoms with Gasteiger partial charge in [-0.2, -0.15) is 0 Å². The topological polar surface area (TPSA) is 71.0 Å². The molecule has 122 valence electrons. The number of aliphatic hydroxyl groups is 2. The van der Waals surface area contributed by atoms with Crippen LogP contribution in [0.3, 0.4) is 0 Å². The van der Waals surface area contributed by atoms with Crippen molar-refractivity contribution in [2.75, 3.05) is 39.6 Å². The van der Waals surface area contributed by atoms with Gasteiger partial charge >= 0.3 is 0 Å². The second kappa shape index (κ2) is 13.8. The number of unbranched alkanes of at least 4 members (excludes halogenated alkanes) is 1. The van der Waals surface area contributed by atoms with E-state index in [1.807, 2.05) is 0 Å². The highest BCUT2D eigenvalue weighted by Gasteiger charge is 2.14. The maximum Gasteiger partial charge on any atom is 0.0897 e. The van der Waals surface area contributed by atoms with Gasteiger partial charge in [0.2, 0.25) is 0 Å². The Morgan fingerprint density at radius 3 is 2.40 bits per heavy atom. The highest BCUT2D eigenvalue weighted by atomic mass is 16.5. The van der Waals surface area contributed by atoms with Crippen LogP contribution in [0.15, 0.2) is 0 Å². The Balaban J connectivity index is 3.50. The van der Waals surface area contributed by atoms with Crippen LogP contribution in [0.2, 0.25) is 0 Å². The fourth-order valence-corrected chi connectivity index (χ4v) is 1.84. The molecule has 0 saturated carbocycles. The quantitative estimate of drug-likeness (QED) is 0.419. The van der Waals surface area contributed by atoms with Gasteiger partial charge in [-0.3, -0.25) is 0 Å². The molecule has 0 spiro atoms. The van der Waals surface area contributed by atoms with Crippen LogP contribution < -0.4 is 5.32 Å². The minimum atomic E-state index is -0.523. The molecule has 0 aromatic heterocycles. The van der Waals surface area contributed by atoms with E-state index >= 15 is 0 Å². The van der Waals surface area contributed by atoms with Crippen molar-refractivity contribution in [2.45, 2.75) is 52.2 Å².